The molecule has 0 bridgehead atoms. The maximum absolute atomic E-state index is 4.23. The van der Waals surface area contributed by atoms with Crippen molar-refractivity contribution in [2.24, 2.45) is 0 Å². The van der Waals surface area contributed by atoms with E-state index in [9.17, 15) is 0 Å². The Bertz CT molecular complexity index is 427. The number of aryl methyl sites for hydroxylation is 1. The van der Waals surface area contributed by atoms with Crippen LogP contribution < -0.4 is 0 Å². The minimum absolute atomic E-state index is 0.635. The molecule has 0 radical (unpaired) electrons. The van der Waals surface area contributed by atoms with Gasteiger partial charge in [0.05, 0.1) is 0 Å². The van der Waals surface area contributed by atoms with E-state index in [0.717, 1.165) is 16.3 Å². The summed E-state index contributed by atoms with van der Waals surface area (Å²) in [5, 5.41) is 0.900. The first-order valence-electron chi connectivity index (χ1n) is 3.68. The molecule has 13 heavy (non-hydrogen) atoms. The summed E-state index contributed by atoms with van der Waals surface area (Å²) in [5.74, 6) is 0. The maximum Gasteiger partial charge on any atom is 0.209 e. The SMILES string of the molecule is Cc1ncccc1-c1nc(Br)ns1. The van der Waals surface area contributed by atoms with Gasteiger partial charge in [0.1, 0.15) is 5.01 Å². The molecule has 0 saturated carbocycles. The van der Waals surface area contributed by atoms with Gasteiger partial charge in [0, 0.05) is 17.5 Å². The van der Waals surface area contributed by atoms with Crippen molar-refractivity contribution in [1.82, 2.24) is 14.3 Å². The third-order valence-electron chi connectivity index (χ3n) is 1.64. The summed E-state index contributed by atoms with van der Waals surface area (Å²) in [5.41, 5.74) is 2.02. The van der Waals surface area contributed by atoms with E-state index in [1.54, 1.807) is 6.20 Å². The van der Waals surface area contributed by atoms with Crippen LogP contribution in [0.3, 0.4) is 0 Å². The second-order valence-corrected chi connectivity index (χ2v) is 3.97. The Morgan fingerprint density at radius 1 is 1.46 bits per heavy atom. The summed E-state index contributed by atoms with van der Waals surface area (Å²) >= 11 is 4.59. The Balaban J connectivity index is 2.52. The Kier molecular flexibility index (Phi) is 2.37. The number of halogens is 1. The molecule has 5 heteroatoms. The molecule has 0 fully saturated rings. The second-order valence-electron chi connectivity index (χ2n) is 2.50. The van der Waals surface area contributed by atoms with Crippen molar-refractivity contribution in [3.8, 4) is 10.6 Å². The van der Waals surface area contributed by atoms with E-state index in [0.29, 0.717) is 4.73 Å². The quantitative estimate of drug-likeness (QED) is 0.787. The number of hydrogen-bond donors (Lipinski definition) is 0. The Hall–Kier alpha value is -0.810. The second kappa shape index (κ2) is 3.51. The summed E-state index contributed by atoms with van der Waals surface area (Å²) in [4.78, 5) is 8.41. The van der Waals surface area contributed by atoms with Gasteiger partial charge in [0.15, 0.2) is 0 Å². The molecule has 3 nitrogen and oxygen atoms in total. The molecule has 0 amide bonds. The Labute approximate surface area is 88.2 Å². The van der Waals surface area contributed by atoms with Crippen LogP contribution in [0.2, 0.25) is 0 Å². The number of hydrogen-bond acceptors (Lipinski definition) is 4. The summed E-state index contributed by atoms with van der Waals surface area (Å²) < 4.78 is 4.69. The highest BCUT2D eigenvalue weighted by Crippen LogP contribution is 2.24. The lowest BCUT2D eigenvalue weighted by molar-refractivity contribution is 1.19. The zero-order valence-electron chi connectivity index (χ0n) is 6.86. The standard InChI is InChI=1S/C8H6BrN3S/c1-5-6(3-2-4-10-5)7-11-8(9)12-13-7/h2-4H,1H3. The molecule has 0 aliphatic heterocycles. The average molecular weight is 256 g/mol. The molecule has 2 aromatic heterocycles. The first-order chi connectivity index (χ1) is 6.27. The zero-order valence-corrected chi connectivity index (χ0v) is 9.26. The third kappa shape index (κ3) is 1.76. The highest BCUT2D eigenvalue weighted by Gasteiger charge is 2.06. The first kappa shape index (κ1) is 8.77. The van der Waals surface area contributed by atoms with Crippen LogP contribution >= 0.6 is 27.5 Å². The molecule has 0 aromatic carbocycles. The van der Waals surface area contributed by atoms with Gasteiger partial charge in [0.25, 0.3) is 0 Å². The van der Waals surface area contributed by atoms with Crippen molar-refractivity contribution < 1.29 is 0 Å². The van der Waals surface area contributed by atoms with E-state index in [1.165, 1.54) is 11.5 Å². The van der Waals surface area contributed by atoms with Gasteiger partial charge in [0.2, 0.25) is 4.73 Å². The number of rotatable bonds is 1. The van der Waals surface area contributed by atoms with E-state index in [4.69, 9.17) is 0 Å². The van der Waals surface area contributed by atoms with Crippen molar-refractivity contribution in [2.45, 2.75) is 6.92 Å². The fourth-order valence-electron chi connectivity index (χ4n) is 1.03. The predicted molar refractivity (Wildman–Crippen MR) is 55.6 cm³/mol. The van der Waals surface area contributed by atoms with Crippen LogP contribution in [0.25, 0.3) is 10.6 Å². The molecule has 0 saturated heterocycles. The van der Waals surface area contributed by atoms with Crippen molar-refractivity contribution >= 4 is 27.5 Å². The van der Waals surface area contributed by atoms with Crippen LogP contribution in [0, 0.1) is 6.92 Å². The number of pyridine rings is 1. The summed E-state index contributed by atoms with van der Waals surface area (Å²) in [6.07, 6.45) is 1.77. The van der Waals surface area contributed by atoms with Crippen molar-refractivity contribution in [1.29, 1.82) is 0 Å². The normalized spacial score (nSPS) is 10.3. The molecule has 0 atom stereocenters. The monoisotopic (exact) mass is 255 g/mol. The summed E-state index contributed by atoms with van der Waals surface area (Å²) in [6.45, 7) is 1.96. The Morgan fingerprint density at radius 2 is 2.31 bits per heavy atom. The maximum atomic E-state index is 4.23. The number of aromatic nitrogens is 3. The largest absolute Gasteiger partial charge is 0.261 e. The molecule has 2 rings (SSSR count). The van der Waals surface area contributed by atoms with Crippen LogP contribution in [-0.4, -0.2) is 14.3 Å². The minimum Gasteiger partial charge on any atom is -0.261 e. The molecule has 2 heterocycles. The van der Waals surface area contributed by atoms with Gasteiger partial charge in [-0.05, 0) is 46.5 Å². The van der Waals surface area contributed by atoms with Crippen molar-refractivity contribution in [3.63, 3.8) is 0 Å². The minimum atomic E-state index is 0.635. The smallest absolute Gasteiger partial charge is 0.209 e. The van der Waals surface area contributed by atoms with Crippen LogP contribution in [0.5, 0.6) is 0 Å². The van der Waals surface area contributed by atoms with Crippen LogP contribution in [0.4, 0.5) is 0 Å². The molecule has 2 aromatic rings. The molecule has 66 valence electrons. The van der Waals surface area contributed by atoms with Gasteiger partial charge >= 0.3 is 0 Å². The van der Waals surface area contributed by atoms with E-state index in [2.05, 4.69) is 30.3 Å². The predicted octanol–water partition coefficient (Wildman–Crippen LogP) is 2.67. The van der Waals surface area contributed by atoms with Crippen molar-refractivity contribution in [2.75, 3.05) is 0 Å². The van der Waals surface area contributed by atoms with Gasteiger partial charge in [-0.15, -0.1) is 0 Å². The average Bonchev–Trinajstić information content (AvgIpc) is 2.53. The van der Waals surface area contributed by atoms with E-state index >= 15 is 0 Å². The molecule has 0 unspecified atom stereocenters. The van der Waals surface area contributed by atoms with Gasteiger partial charge < -0.3 is 0 Å². The lowest BCUT2D eigenvalue weighted by atomic mass is 10.2. The summed E-state index contributed by atoms with van der Waals surface area (Å²) in [6, 6.07) is 3.90. The van der Waals surface area contributed by atoms with Gasteiger partial charge in [-0.2, -0.15) is 4.37 Å². The van der Waals surface area contributed by atoms with E-state index < -0.39 is 0 Å². The molecule has 0 aliphatic rings. The molecule has 0 N–H and O–H groups in total. The van der Waals surface area contributed by atoms with Gasteiger partial charge in [-0.3, -0.25) is 4.98 Å². The molecular weight excluding hydrogens is 250 g/mol. The zero-order chi connectivity index (χ0) is 9.26. The van der Waals surface area contributed by atoms with Gasteiger partial charge in [-0.25, -0.2) is 4.98 Å². The molecule has 0 aliphatic carbocycles. The molecular formula is C8H6BrN3S. The van der Waals surface area contributed by atoms with Crippen LogP contribution in [-0.2, 0) is 0 Å². The Morgan fingerprint density at radius 3 is 2.92 bits per heavy atom. The highest BCUT2D eigenvalue weighted by atomic mass is 79.9. The highest BCUT2D eigenvalue weighted by molar-refractivity contribution is 9.10. The molecule has 0 spiro atoms. The van der Waals surface area contributed by atoms with Crippen LogP contribution in [0.15, 0.2) is 23.1 Å². The number of nitrogens with zero attached hydrogens (tertiary/aromatic N) is 3. The van der Waals surface area contributed by atoms with Crippen molar-refractivity contribution in [3.05, 3.63) is 28.8 Å². The fraction of sp³-hybridized carbons (Fsp3) is 0.125. The topological polar surface area (TPSA) is 38.7 Å². The van der Waals surface area contributed by atoms with Gasteiger partial charge in [-0.1, -0.05) is 0 Å². The van der Waals surface area contributed by atoms with E-state index in [-0.39, 0.29) is 0 Å². The van der Waals surface area contributed by atoms with E-state index in [1.807, 2.05) is 19.1 Å². The lowest BCUT2D eigenvalue weighted by Gasteiger charge is -1.97. The lowest BCUT2D eigenvalue weighted by Crippen LogP contribution is -1.84. The fourth-order valence-corrected chi connectivity index (χ4v) is 2.18. The van der Waals surface area contributed by atoms with Crippen LogP contribution in [0.1, 0.15) is 5.69 Å². The first-order valence-corrected chi connectivity index (χ1v) is 5.25. The third-order valence-corrected chi connectivity index (χ3v) is 2.98. The summed E-state index contributed by atoms with van der Waals surface area (Å²) in [7, 11) is 0.